The normalized spacial score (nSPS) is 18.6. The minimum Gasteiger partial charge on any atom is -0.497 e. The van der Waals surface area contributed by atoms with Gasteiger partial charge in [0.15, 0.2) is 5.13 Å². The number of hydrogen-bond acceptors (Lipinski definition) is 6. The predicted molar refractivity (Wildman–Crippen MR) is 110 cm³/mol. The van der Waals surface area contributed by atoms with Crippen molar-refractivity contribution in [3.8, 4) is 5.75 Å². The number of piperidine rings is 1. The van der Waals surface area contributed by atoms with Crippen LogP contribution in [-0.2, 0) is 9.59 Å². The molecule has 2 saturated heterocycles. The van der Waals surface area contributed by atoms with E-state index in [4.69, 9.17) is 9.72 Å². The number of benzene rings is 1. The quantitative estimate of drug-likeness (QED) is 0.788. The lowest BCUT2D eigenvalue weighted by atomic mass is 9.95. The molecule has 0 atom stereocenters. The zero-order chi connectivity index (χ0) is 19.7. The first-order valence-electron chi connectivity index (χ1n) is 9.79. The fourth-order valence-electron chi connectivity index (χ4n) is 3.97. The van der Waals surface area contributed by atoms with Gasteiger partial charge in [-0.05, 0) is 31.0 Å². The number of rotatable bonds is 3. The maximum absolute atomic E-state index is 12.9. The maximum atomic E-state index is 12.9. The van der Waals surface area contributed by atoms with Crippen LogP contribution in [0.5, 0.6) is 5.75 Å². The highest BCUT2D eigenvalue weighted by Gasteiger charge is 2.31. The molecule has 150 valence electrons. The van der Waals surface area contributed by atoms with E-state index in [0.717, 1.165) is 47.0 Å². The van der Waals surface area contributed by atoms with E-state index in [1.807, 2.05) is 28.0 Å². The number of piperazine rings is 1. The molecule has 2 fully saturated rings. The van der Waals surface area contributed by atoms with Crippen molar-refractivity contribution in [3.05, 3.63) is 18.2 Å². The van der Waals surface area contributed by atoms with Crippen molar-refractivity contribution in [2.75, 3.05) is 51.3 Å². The molecule has 0 spiro atoms. The van der Waals surface area contributed by atoms with Gasteiger partial charge in [0, 0.05) is 52.1 Å². The van der Waals surface area contributed by atoms with Crippen molar-refractivity contribution < 1.29 is 14.3 Å². The average molecular weight is 403 g/mol. The lowest BCUT2D eigenvalue weighted by Gasteiger charge is -2.38. The van der Waals surface area contributed by atoms with Crippen LogP contribution in [0.25, 0.3) is 10.2 Å². The minimum absolute atomic E-state index is 0.0783. The number of nitrogens with zero attached hydrogens (tertiary/aromatic N) is 4. The molecule has 0 saturated carbocycles. The summed E-state index contributed by atoms with van der Waals surface area (Å²) in [5, 5.41) is 1.02. The molecule has 2 aromatic rings. The number of thiazole rings is 1. The number of carbonyl (C=O) groups excluding carboxylic acids is 2. The van der Waals surface area contributed by atoms with Crippen molar-refractivity contribution >= 4 is 38.5 Å². The summed E-state index contributed by atoms with van der Waals surface area (Å²) in [6.45, 7) is 5.88. The van der Waals surface area contributed by atoms with Gasteiger partial charge in [0.25, 0.3) is 0 Å². The molecule has 3 heterocycles. The summed E-state index contributed by atoms with van der Waals surface area (Å²) in [4.78, 5) is 35.1. The molecule has 0 radical (unpaired) electrons. The number of fused-ring (bicyclic) bond motifs is 1. The third-order valence-electron chi connectivity index (χ3n) is 5.74. The molecule has 4 rings (SSSR count). The first-order chi connectivity index (χ1) is 13.5. The van der Waals surface area contributed by atoms with Crippen LogP contribution in [-0.4, -0.2) is 73.0 Å². The lowest BCUT2D eigenvalue weighted by Crippen LogP contribution is -2.52. The SMILES string of the molecule is COc1ccc2nc(N3CCC(C(=O)N4CCN(C(C)=O)CC4)CC3)sc2c1. The molecule has 1 aromatic heterocycles. The molecular weight excluding hydrogens is 376 g/mol. The molecule has 0 unspecified atom stereocenters. The summed E-state index contributed by atoms with van der Waals surface area (Å²) in [6, 6.07) is 5.95. The van der Waals surface area contributed by atoms with Crippen LogP contribution in [0.15, 0.2) is 18.2 Å². The van der Waals surface area contributed by atoms with Crippen LogP contribution < -0.4 is 9.64 Å². The molecule has 2 amide bonds. The number of anilines is 1. The van der Waals surface area contributed by atoms with Gasteiger partial charge in [0.05, 0.1) is 17.3 Å². The average Bonchev–Trinajstić information content (AvgIpc) is 3.16. The van der Waals surface area contributed by atoms with Crippen molar-refractivity contribution in [2.24, 2.45) is 5.92 Å². The number of ether oxygens (including phenoxy) is 1. The van der Waals surface area contributed by atoms with E-state index >= 15 is 0 Å². The standard InChI is InChI=1S/C20H26N4O3S/c1-14(25)22-9-11-23(12-10-22)19(26)15-5-7-24(8-6-15)20-21-17-4-3-16(27-2)13-18(17)28-20/h3-4,13,15H,5-12H2,1-2H3. The molecule has 0 N–H and O–H groups in total. The Morgan fingerprint density at radius 2 is 1.75 bits per heavy atom. The smallest absolute Gasteiger partial charge is 0.225 e. The Hall–Kier alpha value is -2.35. The van der Waals surface area contributed by atoms with E-state index in [1.165, 1.54) is 0 Å². The Labute approximate surface area is 168 Å². The van der Waals surface area contributed by atoms with Gasteiger partial charge >= 0.3 is 0 Å². The van der Waals surface area contributed by atoms with Crippen LogP contribution in [0.1, 0.15) is 19.8 Å². The molecule has 2 aliphatic rings. The molecule has 7 nitrogen and oxygen atoms in total. The van der Waals surface area contributed by atoms with Gasteiger partial charge in [-0.2, -0.15) is 0 Å². The predicted octanol–water partition coefficient (Wildman–Crippen LogP) is 2.21. The van der Waals surface area contributed by atoms with Gasteiger partial charge < -0.3 is 19.4 Å². The summed E-state index contributed by atoms with van der Waals surface area (Å²) in [6.07, 6.45) is 1.70. The monoisotopic (exact) mass is 402 g/mol. The number of carbonyl (C=O) groups is 2. The number of amides is 2. The fourth-order valence-corrected chi connectivity index (χ4v) is 5.02. The third-order valence-corrected chi connectivity index (χ3v) is 6.81. The molecule has 1 aromatic carbocycles. The summed E-state index contributed by atoms with van der Waals surface area (Å²) >= 11 is 1.68. The second kappa shape index (κ2) is 7.95. The topological polar surface area (TPSA) is 66.0 Å². The maximum Gasteiger partial charge on any atom is 0.225 e. The zero-order valence-electron chi connectivity index (χ0n) is 16.4. The van der Waals surface area contributed by atoms with Crippen LogP contribution >= 0.6 is 11.3 Å². The Balaban J connectivity index is 1.34. The van der Waals surface area contributed by atoms with Crippen molar-refractivity contribution in [1.82, 2.24) is 14.8 Å². The van der Waals surface area contributed by atoms with Crippen LogP contribution in [0.3, 0.4) is 0 Å². The van der Waals surface area contributed by atoms with Crippen LogP contribution in [0, 0.1) is 5.92 Å². The first kappa shape index (κ1) is 19.0. The number of methoxy groups -OCH3 is 1. The summed E-state index contributed by atoms with van der Waals surface area (Å²) in [5.74, 6) is 1.26. The van der Waals surface area contributed by atoms with E-state index in [-0.39, 0.29) is 17.7 Å². The van der Waals surface area contributed by atoms with E-state index in [2.05, 4.69) is 4.90 Å². The van der Waals surface area contributed by atoms with Gasteiger partial charge in [-0.25, -0.2) is 4.98 Å². The highest BCUT2D eigenvalue weighted by Crippen LogP contribution is 2.33. The van der Waals surface area contributed by atoms with E-state index in [9.17, 15) is 9.59 Å². The summed E-state index contributed by atoms with van der Waals surface area (Å²) < 4.78 is 6.42. The van der Waals surface area contributed by atoms with Crippen molar-refractivity contribution in [1.29, 1.82) is 0 Å². The van der Waals surface area contributed by atoms with Crippen LogP contribution in [0.2, 0.25) is 0 Å². The minimum atomic E-state index is 0.0783. The lowest BCUT2D eigenvalue weighted by molar-refractivity contribution is -0.141. The highest BCUT2D eigenvalue weighted by molar-refractivity contribution is 7.22. The Morgan fingerprint density at radius 3 is 2.39 bits per heavy atom. The van der Waals surface area contributed by atoms with E-state index in [0.29, 0.717) is 26.2 Å². The van der Waals surface area contributed by atoms with Gasteiger partial charge in [0.2, 0.25) is 11.8 Å². The molecule has 8 heteroatoms. The molecular formula is C20H26N4O3S. The van der Waals surface area contributed by atoms with Gasteiger partial charge in [0.1, 0.15) is 5.75 Å². The number of aromatic nitrogens is 1. The van der Waals surface area contributed by atoms with Gasteiger partial charge in [-0.3, -0.25) is 9.59 Å². The van der Waals surface area contributed by atoms with E-state index < -0.39 is 0 Å². The zero-order valence-corrected chi connectivity index (χ0v) is 17.2. The van der Waals surface area contributed by atoms with Crippen LogP contribution in [0.4, 0.5) is 5.13 Å². The molecule has 0 aliphatic carbocycles. The molecule has 2 aliphatic heterocycles. The summed E-state index contributed by atoms with van der Waals surface area (Å²) in [5.41, 5.74) is 0.988. The highest BCUT2D eigenvalue weighted by atomic mass is 32.1. The van der Waals surface area contributed by atoms with E-state index in [1.54, 1.807) is 25.4 Å². The first-order valence-corrected chi connectivity index (χ1v) is 10.6. The number of hydrogen-bond donors (Lipinski definition) is 0. The molecule has 0 bridgehead atoms. The Kier molecular flexibility index (Phi) is 5.39. The Morgan fingerprint density at radius 1 is 1.07 bits per heavy atom. The van der Waals surface area contributed by atoms with Gasteiger partial charge in [-0.15, -0.1) is 0 Å². The van der Waals surface area contributed by atoms with Gasteiger partial charge in [-0.1, -0.05) is 11.3 Å². The largest absolute Gasteiger partial charge is 0.497 e. The fraction of sp³-hybridized carbons (Fsp3) is 0.550. The second-order valence-electron chi connectivity index (χ2n) is 7.42. The van der Waals surface area contributed by atoms with Crippen molar-refractivity contribution in [3.63, 3.8) is 0 Å². The third kappa shape index (κ3) is 3.78. The summed E-state index contributed by atoms with van der Waals surface area (Å²) in [7, 11) is 1.67. The second-order valence-corrected chi connectivity index (χ2v) is 8.43. The van der Waals surface area contributed by atoms with Crippen molar-refractivity contribution in [2.45, 2.75) is 19.8 Å². The molecule has 28 heavy (non-hydrogen) atoms. The Bertz CT molecular complexity index is 867.